The van der Waals surface area contributed by atoms with Gasteiger partial charge in [0.2, 0.25) is 10.0 Å². The third-order valence-corrected chi connectivity index (χ3v) is 10.5. The zero-order valence-corrected chi connectivity index (χ0v) is 18.9. The van der Waals surface area contributed by atoms with E-state index in [2.05, 4.69) is 0 Å². The predicted octanol–water partition coefficient (Wildman–Crippen LogP) is 2.17. The first-order valence-corrected chi connectivity index (χ1v) is 12.8. The molecule has 160 valence electrons. The molecule has 1 aromatic rings. The lowest BCUT2D eigenvalue weighted by Crippen LogP contribution is -3.23. The lowest BCUT2D eigenvalue weighted by atomic mass is 9.52. The van der Waals surface area contributed by atoms with E-state index in [1.165, 1.54) is 38.5 Å². The molecule has 4 saturated carbocycles. The molecule has 0 atom stereocenters. The van der Waals surface area contributed by atoms with E-state index in [0.717, 1.165) is 42.0 Å². The minimum absolute atomic E-state index is 0.401. The maximum atomic E-state index is 13.4. The number of hydrogen-bond donors (Lipinski definition) is 1. The number of rotatable bonds is 4. The Morgan fingerprint density at radius 3 is 2.03 bits per heavy atom. The Hall–Kier alpha value is -1.11. The molecular weight excluding hydrogens is 384 g/mol. The molecule has 0 aromatic heterocycles. The fourth-order valence-electron chi connectivity index (χ4n) is 7.52. The minimum Gasteiger partial charge on any atom is -0.496 e. The van der Waals surface area contributed by atoms with Gasteiger partial charge in [0.25, 0.3) is 0 Å². The summed E-state index contributed by atoms with van der Waals surface area (Å²) in [5, 5.41) is 0. The Balaban J connectivity index is 1.33. The monoisotopic (exact) mass is 419 g/mol. The standard InChI is InChI=1S/C23H34N2O3S/c1-16-8-17(2)22(12-21(16)28-3)29(26,27)25-6-4-24(5-7-25)23-13-18-9-19(14-23)11-20(10-18)15-23/h8,12,18-20H,4-7,9-11,13-15H2,1-3H3/p+1. The number of aryl methyl sites for hydroxylation is 2. The molecular formula is C23H35N2O3S+. The van der Waals surface area contributed by atoms with Gasteiger partial charge in [0.15, 0.2) is 0 Å². The number of ether oxygens (including phenoxy) is 1. The van der Waals surface area contributed by atoms with Crippen LogP contribution in [0.4, 0.5) is 0 Å². The summed E-state index contributed by atoms with van der Waals surface area (Å²) in [4.78, 5) is 2.10. The fraction of sp³-hybridized carbons (Fsp3) is 0.739. The average molecular weight is 420 g/mol. The zero-order chi connectivity index (χ0) is 20.4. The summed E-state index contributed by atoms with van der Waals surface area (Å²) in [6.45, 7) is 7.01. The van der Waals surface area contributed by atoms with Gasteiger partial charge in [0.05, 0.1) is 43.7 Å². The lowest BCUT2D eigenvalue weighted by molar-refractivity contribution is -0.962. The number of sulfonamides is 1. The normalized spacial score (nSPS) is 35.2. The maximum Gasteiger partial charge on any atom is 0.243 e. The van der Waals surface area contributed by atoms with Crippen molar-refractivity contribution < 1.29 is 18.1 Å². The van der Waals surface area contributed by atoms with Gasteiger partial charge < -0.3 is 9.64 Å². The molecule has 4 aliphatic carbocycles. The second-order valence-corrected chi connectivity index (χ2v) is 12.2. The first-order chi connectivity index (χ1) is 13.8. The van der Waals surface area contributed by atoms with Crippen LogP contribution in [0.1, 0.15) is 49.7 Å². The summed E-state index contributed by atoms with van der Waals surface area (Å²) in [7, 11) is -1.88. The van der Waals surface area contributed by atoms with Crippen LogP contribution in [-0.4, -0.2) is 51.6 Å². The van der Waals surface area contributed by atoms with Gasteiger partial charge in [-0.15, -0.1) is 0 Å². The highest BCUT2D eigenvalue weighted by Crippen LogP contribution is 2.54. The van der Waals surface area contributed by atoms with Crippen molar-refractivity contribution in [1.82, 2.24) is 4.31 Å². The van der Waals surface area contributed by atoms with Crippen LogP contribution in [0.15, 0.2) is 17.0 Å². The molecule has 29 heavy (non-hydrogen) atoms. The van der Waals surface area contributed by atoms with Crippen LogP contribution in [0.2, 0.25) is 0 Å². The van der Waals surface area contributed by atoms with Crippen LogP contribution >= 0.6 is 0 Å². The van der Waals surface area contributed by atoms with E-state index in [4.69, 9.17) is 4.74 Å². The third-order valence-electron chi connectivity index (χ3n) is 8.42. The van der Waals surface area contributed by atoms with Crippen molar-refractivity contribution in [2.24, 2.45) is 17.8 Å². The van der Waals surface area contributed by atoms with Gasteiger partial charge in [-0.25, -0.2) is 8.42 Å². The summed E-state index contributed by atoms with van der Waals surface area (Å²) < 4.78 is 33.9. The molecule has 1 saturated heterocycles. The first-order valence-electron chi connectivity index (χ1n) is 11.3. The number of hydrogen-bond acceptors (Lipinski definition) is 3. The Morgan fingerprint density at radius 1 is 0.966 bits per heavy atom. The van der Waals surface area contributed by atoms with E-state index < -0.39 is 10.0 Å². The Bertz CT molecular complexity index is 868. The number of nitrogens with one attached hydrogen (secondary N) is 1. The summed E-state index contributed by atoms with van der Waals surface area (Å²) in [5.74, 6) is 3.47. The van der Waals surface area contributed by atoms with Gasteiger partial charge in [0, 0.05) is 25.3 Å². The number of quaternary nitrogens is 1. The largest absolute Gasteiger partial charge is 0.496 e. The van der Waals surface area contributed by atoms with Gasteiger partial charge >= 0.3 is 0 Å². The second-order valence-electron chi connectivity index (χ2n) is 10.3. The molecule has 6 heteroatoms. The number of piperazine rings is 1. The molecule has 1 heterocycles. The SMILES string of the molecule is COc1cc(S(=O)(=O)N2CC[NH+](C34CC5CC(CC(C5)C3)C4)CC2)c(C)cc1C. The molecule has 5 aliphatic rings. The summed E-state index contributed by atoms with van der Waals surface area (Å²) in [5.41, 5.74) is 2.23. The molecule has 0 spiro atoms. The van der Waals surface area contributed by atoms with Gasteiger partial charge in [-0.2, -0.15) is 4.31 Å². The highest BCUT2D eigenvalue weighted by molar-refractivity contribution is 7.89. The Kier molecular flexibility index (Phi) is 4.76. The quantitative estimate of drug-likeness (QED) is 0.814. The van der Waals surface area contributed by atoms with Crippen molar-refractivity contribution in [2.45, 2.75) is 62.8 Å². The van der Waals surface area contributed by atoms with Crippen molar-refractivity contribution in [1.29, 1.82) is 0 Å². The minimum atomic E-state index is -3.48. The summed E-state index contributed by atoms with van der Waals surface area (Å²) in [6, 6.07) is 3.63. The maximum absolute atomic E-state index is 13.4. The molecule has 5 fully saturated rings. The first kappa shape index (κ1) is 19.8. The lowest BCUT2D eigenvalue weighted by Gasteiger charge is -2.59. The topological polar surface area (TPSA) is 51.1 Å². The molecule has 1 N–H and O–H groups in total. The molecule has 1 aliphatic heterocycles. The fourth-order valence-corrected chi connectivity index (χ4v) is 9.18. The van der Waals surface area contributed by atoms with Crippen LogP contribution in [0.3, 0.4) is 0 Å². The highest BCUT2D eigenvalue weighted by atomic mass is 32.2. The number of methoxy groups -OCH3 is 1. The van der Waals surface area contributed by atoms with Crippen LogP contribution < -0.4 is 9.64 Å². The number of benzene rings is 1. The number of nitrogens with zero attached hydrogens (tertiary/aromatic N) is 1. The summed E-state index contributed by atoms with van der Waals surface area (Å²) in [6.07, 6.45) is 8.53. The average Bonchev–Trinajstić information content (AvgIpc) is 2.67. The van der Waals surface area contributed by atoms with Crippen LogP contribution in [0.25, 0.3) is 0 Å². The van der Waals surface area contributed by atoms with E-state index in [-0.39, 0.29) is 0 Å². The summed E-state index contributed by atoms with van der Waals surface area (Å²) >= 11 is 0. The zero-order valence-electron chi connectivity index (χ0n) is 18.0. The molecule has 5 nitrogen and oxygen atoms in total. The van der Waals surface area contributed by atoms with Crippen LogP contribution in [-0.2, 0) is 10.0 Å². The van der Waals surface area contributed by atoms with Gasteiger partial charge in [-0.3, -0.25) is 0 Å². The van der Waals surface area contributed by atoms with Crippen molar-refractivity contribution in [3.63, 3.8) is 0 Å². The van der Waals surface area contributed by atoms with Crippen molar-refractivity contribution in [2.75, 3.05) is 33.3 Å². The van der Waals surface area contributed by atoms with E-state index in [9.17, 15) is 8.42 Å². The van der Waals surface area contributed by atoms with Crippen molar-refractivity contribution in [3.8, 4) is 5.75 Å². The van der Waals surface area contributed by atoms with E-state index >= 15 is 0 Å². The van der Waals surface area contributed by atoms with Crippen molar-refractivity contribution >= 4 is 10.0 Å². The second kappa shape index (κ2) is 6.96. The molecule has 6 rings (SSSR count). The van der Waals surface area contributed by atoms with Gasteiger partial charge in [-0.05, 0) is 62.0 Å². The van der Waals surface area contributed by atoms with Crippen LogP contribution in [0, 0.1) is 31.6 Å². The Labute approximate surface area is 175 Å². The van der Waals surface area contributed by atoms with Gasteiger partial charge in [-0.1, -0.05) is 6.07 Å². The van der Waals surface area contributed by atoms with Crippen LogP contribution in [0.5, 0.6) is 5.75 Å². The molecule has 4 bridgehead atoms. The molecule has 1 aromatic carbocycles. The highest BCUT2D eigenvalue weighted by Gasteiger charge is 2.56. The molecule has 0 radical (unpaired) electrons. The molecule has 0 amide bonds. The Morgan fingerprint density at radius 2 is 1.52 bits per heavy atom. The van der Waals surface area contributed by atoms with E-state index in [0.29, 0.717) is 29.3 Å². The van der Waals surface area contributed by atoms with Crippen molar-refractivity contribution in [3.05, 3.63) is 23.3 Å². The molecule has 0 unspecified atom stereocenters. The van der Waals surface area contributed by atoms with E-state index in [1.54, 1.807) is 22.4 Å². The third kappa shape index (κ3) is 3.22. The smallest absolute Gasteiger partial charge is 0.243 e. The van der Waals surface area contributed by atoms with Gasteiger partial charge in [0.1, 0.15) is 5.75 Å². The van der Waals surface area contributed by atoms with E-state index in [1.807, 2.05) is 19.9 Å². The predicted molar refractivity (Wildman–Crippen MR) is 113 cm³/mol.